The summed E-state index contributed by atoms with van der Waals surface area (Å²) in [5, 5.41) is 3.57. The number of amides is 2. The van der Waals surface area contributed by atoms with Crippen LogP contribution in [0.25, 0.3) is 0 Å². The van der Waals surface area contributed by atoms with E-state index < -0.39 is 0 Å². The normalized spacial score (nSPS) is 28.6. The van der Waals surface area contributed by atoms with E-state index >= 15 is 0 Å². The van der Waals surface area contributed by atoms with Crippen LogP contribution in [0.3, 0.4) is 0 Å². The van der Waals surface area contributed by atoms with Crippen molar-refractivity contribution in [1.82, 2.24) is 15.1 Å². The van der Waals surface area contributed by atoms with Gasteiger partial charge in [-0.15, -0.1) is 0 Å². The van der Waals surface area contributed by atoms with Crippen LogP contribution in [0.2, 0.25) is 0 Å². The Bertz CT molecular complexity index is 679. The molecular formula is C21H28FN3O2. The minimum absolute atomic E-state index is 0.0579. The molecule has 0 radical (unpaired) electrons. The highest BCUT2D eigenvalue weighted by atomic mass is 19.1. The van der Waals surface area contributed by atoms with E-state index in [0.29, 0.717) is 43.7 Å². The van der Waals surface area contributed by atoms with Gasteiger partial charge in [-0.2, -0.15) is 0 Å². The van der Waals surface area contributed by atoms with E-state index in [1.807, 2.05) is 4.90 Å². The molecule has 6 heteroatoms. The van der Waals surface area contributed by atoms with Crippen molar-refractivity contribution in [2.24, 2.45) is 5.92 Å². The summed E-state index contributed by atoms with van der Waals surface area (Å²) >= 11 is 0. The fourth-order valence-electron chi connectivity index (χ4n) is 4.85. The maximum atomic E-state index is 13.1. The third-order valence-corrected chi connectivity index (χ3v) is 6.35. The van der Waals surface area contributed by atoms with Crippen molar-refractivity contribution in [2.75, 3.05) is 26.2 Å². The molecule has 1 aromatic carbocycles. The van der Waals surface area contributed by atoms with E-state index in [0.717, 1.165) is 12.8 Å². The van der Waals surface area contributed by atoms with Gasteiger partial charge in [0.25, 0.3) is 5.91 Å². The Kier molecular flexibility index (Phi) is 5.43. The van der Waals surface area contributed by atoms with Gasteiger partial charge in [-0.05, 0) is 55.9 Å². The van der Waals surface area contributed by atoms with Crippen LogP contribution in [0.1, 0.15) is 48.9 Å². The number of carbonyl (C=O) groups excluding carboxylic acids is 2. The van der Waals surface area contributed by atoms with Gasteiger partial charge >= 0.3 is 0 Å². The van der Waals surface area contributed by atoms with Gasteiger partial charge in [0, 0.05) is 37.8 Å². The molecular weight excluding hydrogens is 345 g/mol. The molecule has 2 heterocycles. The number of carbonyl (C=O) groups is 2. The number of benzene rings is 1. The molecule has 3 fully saturated rings. The lowest BCUT2D eigenvalue weighted by Gasteiger charge is -2.25. The smallest absolute Gasteiger partial charge is 0.253 e. The van der Waals surface area contributed by atoms with Crippen molar-refractivity contribution in [3.63, 3.8) is 0 Å². The van der Waals surface area contributed by atoms with Gasteiger partial charge in [-0.1, -0.05) is 12.8 Å². The molecule has 1 aliphatic carbocycles. The fourth-order valence-corrected chi connectivity index (χ4v) is 4.85. The highest BCUT2D eigenvalue weighted by Crippen LogP contribution is 2.33. The Balaban J connectivity index is 1.35. The van der Waals surface area contributed by atoms with Gasteiger partial charge < -0.3 is 15.1 Å². The fraction of sp³-hybridized carbons (Fsp3) is 0.619. The van der Waals surface area contributed by atoms with Gasteiger partial charge in [0.05, 0.1) is 6.04 Å². The van der Waals surface area contributed by atoms with Crippen molar-refractivity contribution < 1.29 is 14.0 Å². The molecule has 0 aromatic heterocycles. The Morgan fingerprint density at radius 1 is 0.926 bits per heavy atom. The molecule has 4 rings (SSSR count). The minimum Gasteiger partial charge on any atom is -0.340 e. The second kappa shape index (κ2) is 7.97. The molecule has 0 bridgehead atoms. The standard InChI is InChI=1S/C21H28FN3O2/c22-17-8-6-15(7-9-17)20(26)24-10-3-11-25(13-12-24)21(27)19-14-16-4-1-2-5-18(16)23-19/h6-9,16,18-19,23H,1-5,10-14H2. The quantitative estimate of drug-likeness (QED) is 0.866. The van der Waals surface area contributed by atoms with Gasteiger partial charge in [0.2, 0.25) is 5.91 Å². The Morgan fingerprint density at radius 2 is 1.63 bits per heavy atom. The molecule has 2 saturated heterocycles. The first-order valence-corrected chi connectivity index (χ1v) is 10.2. The minimum atomic E-state index is -0.344. The lowest BCUT2D eigenvalue weighted by molar-refractivity contribution is -0.133. The molecule has 5 nitrogen and oxygen atoms in total. The van der Waals surface area contributed by atoms with Crippen LogP contribution in [0.5, 0.6) is 0 Å². The van der Waals surface area contributed by atoms with Gasteiger partial charge in [0.1, 0.15) is 5.82 Å². The monoisotopic (exact) mass is 373 g/mol. The van der Waals surface area contributed by atoms with E-state index in [1.165, 1.54) is 49.9 Å². The van der Waals surface area contributed by atoms with Crippen LogP contribution in [-0.4, -0.2) is 59.9 Å². The molecule has 2 aliphatic heterocycles. The van der Waals surface area contributed by atoms with Gasteiger partial charge in [-0.25, -0.2) is 4.39 Å². The summed E-state index contributed by atoms with van der Waals surface area (Å²) in [6, 6.07) is 6.12. The zero-order chi connectivity index (χ0) is 18.8. The van der Waals surface area contributed by atoms with E-state index in [2.05, 4.69) is 5.32 Å². The molecule has 3 atom stereocenters. The number of fused-ring (bicyclic) bond motifs is 1. The van der Waals surface area contributed by atoms with E-state index in [1.54, 1.807) is 4.90 Å². The number of nitrogens with one attached hydrogen (secondary N) is 1. The summed E-state index contributed by atoms with van der Waals surface area (Å²) in [7, 11) is 0. The van der Waals surface area contributed by atoms with Crippen molar-refractivity contribution in [3.8, 4) is 0 Å². The average molecular weight is 373 g/mol. The predicted molar refractivity (Wildman–Crippen MR) is 101 cm³/mol. The summed E-state index contributed by atoms with van der Waals surface area (Å²) in [6.07, 6.45) is 6.71. The Labute approximate surface area is 159 Å². The van der Waals surface area contributed by atoms with Crippen molar-refractivity contribution in [2.45, 2.75) is 50.6 Å². The summed E-state index contributed by atoms with van der Waals surface area (Å²) in [4.78, 5) is 29.4. The first-order chi connectivity index (χ1) is 13.1. The van der Waals surface area contributed by atoms with E-state index in [4.69, 9.17) is 0 Å². The molecule has 3 aliphatic rings. The highest BCUT2D eigenvalue weighted by molar-refractivity contribution is 5.94. The number of hydrogen-bond acceptors (Lipinski definition) is 3. The molecule has 1 N–H and O–H groups in total. The summed E-state index contributed by atoms with van der Waals surface area (Å²) in [6.45, 7) is 2.42. The molecule has 1 saturated carbocycles. The maximum absolute atomic E-state index is 13.1. The summed E-state index contributed by atoms with van der Waals surface area (Å²) in [5.74, 6) is 0.412. The largest absolute Gasteiger partial charge is 0.340 e. The van der Waals surface area contributed by atoms with Crippen LogP contribution >= 0.6 is 0 Å². The second-order valence-corrected chi connectivity index (χ2v) is 8.08. The van der Waals surface area contributed by atoms with Crippen LogP contribution in [-0.2, 0) is 4.79 Å². The SMILES string of the molecule is O=C(c1ccc(F)cc1)N1CCCN(C(=O)C2CC3CCCCC3N2)CC1. The topological polar surface area (TPSA) is 52.7 Å². The van der Waals surface area contributed by atoms with Gasteiger partial charge in [0.15, 0.2) is 0 Å². The second-order valence-electron chi connectivity index (χ2n) is 8.08. The average Bonchev–Trinajstić information content (AvgIpc) is 2.97. The zero-order valence-corrected chi connectivity index (χ0v) is 15.7. The molecule has 2 amide bonds. The van der Waals surface area contributed by atoms with E-state index in [9.17, 15) is 14.0 Å². The molecule has 146 valence electrons. The molecule has 0 spiro atoms. The first-order valence-electron chi connectivity index (χ1n) is 10.2. The summed E-state index contributed by atoms with van der Waals surface area (Å²) in [5.41, 5.74) is 0.498. The van der Waals surface area contributed by atoms with Crippen LogP contribution in [0, 0.1) is 11.7 Å². The maximum Gasteiger partial charge on any atom is 0.253 e. The number of rotatable bonds is 2. The van der Waals surface area contributed by atoms with Crippen molar-refractivity contribution >= 4 is 11.8 Å². The summed E-state index contributed by atoms with van der Waals surface area (Å²) < 4.78 is 13.1. The number of nitrogens with zero attached hydrogens (tertiary/aromatic N) is 2. The van der Waals surface area contributed by atoms with Crippen molar-refractivity contribution in [1.29, 1.82) is 0 Å². The zero-order valence-electron chi connectivity index (χ0n) is 15.7. The molecule has 27 heavy (non-hydrogen) atoms. The molecule has 1 aromatic rings. The van der Waals surface area contributed by atoms with Gasteiger partial charge in [-0.3, -0.25) is 9.59 Å². The van der Waals surface area contributed by atoms with Crippen LogP contribution in [0.4, 0.5) is 4.39 Å². The number of halogens is 1. The van der Waals surface area contributed by atoms with Crippen molar-refractivity contribution in [3.05, 3.63) is 35.6 Å². The third kappa shape index (κ3) is 4.00. The predicted octanol–water partition coefficient (Wildman–Crippen LogP) is 2.42. The van der Waals surface area contributed by atoms with Crippen LogP contribution in [0.15, 0.2) is 24.3 Å². The first kappa shape index (κ1) is 18.4. The number of hydrogen-bond donors (Lipinski definition) is 1. The Hall–Kier alpha value is -1.95. The molecule has 3 unspecified atom stereocenters. The lowest BCUT2D eigenvalue weighted by atomic mass is 9.85. The Morgan fingerprint density at radius 3 is 2.41 bits per heavy atom. The van der Waals surface area contributed by atoms with Crippen LogP contribution < -0.4 is 5.32 Å². The highest BCUT2D eigenvalue weighted by Gasteiger charge is 2.40. The van der Waals surface area contributed by atoms with E-state index in [-0.39, 0.29) is 23.7 Å². The third-order valence-electron chi connectivity index (χ3n) is 6.35. The lowest BCUT2D eigenvalue weighted by Crippen LogP contribution is -2.46.